The molecule has 0 saturated heterocycles. The molecule has 0 saturated carbocycles. The summed E-state index contributed by atoms with van der Waals surface area (Å²) in [4.78, 5) is 19.5. The molecule has 2 rings (SSSR count). The molecule has 0 aliphatic heterocycles. The normalized spacial score (nSPS) is 10.3. The van der Waals surface area contributed by atoms with Crippen molar-refractivity contribution in [3.05, 3.63) is 36.2 Å². The van der Waals surface area contributed by atoms with E-state index in [0.717, 1.165) is 5.69 Å². The molecule has 2 aromatic rings. The fourth-order valence-corrected chi connectivity index (χ4v) is 1.83. The van der Waals surface area contributed by atoms with Gasteiger partial charge in [-0.3, -0.25) is 4.79 Å². The van der Waals surface area contributed by atoms with Crippen molar-refractivity contribution < 1.29 is 9.53 Å². The fourth-order valence-electron chi connectivity index (χ4n) is 1.83. The van der Waals surface area contributed by atoms with Crippen LogP contribution < -0.4 is 16.4 Å². The summed E-state index contributed by atoms with van der Waals surface area (Å²) in [6.07, 6.45) is 1.43. The summed E-state index contributed by atoms with van der Waals surface area (Å²) in [6.45, 7) is 2.69. The summed E-state index contributed by atoms with van der Waals surface area (Å²) >= 11 is 0. The number of aromatic nitrogens is 2. The maximum Gasteiger partial charge on any atom is 0.159 e. The first kappa shape index (κ1) is 15.7. The Balaban J connectivity index is 2.12. The summed E-state index contributed by atoms with van der Waals surface area (Å²) in [7, 11) is 1.63. The molecule has 1 aromatic heterocycles. The molecule has 0 fully saturated rings. The molecule has 1 aromatic carbocycles. The second-order valence-corrected chi connectivity index (χ2v) is 4.66. The van der Waals surface area contributed by atoms with Crippen LogP contribution in [0.3, 0.4) is 0 Å². The van der Waals surface area contributed by atoms with Crippen LogP contribution in [0.4, 0.5) is 23.0 Å². The number of Topliss-reactive ketones (excluding diaryl/α,β-unsaturated/α-hetero) is 1. The van der Waals surface area contributed by atoms with Crippen LogP contribution in [0.5, 0.6) is 0 Å². The predicted octanol–water partition coefficient (Wildman–Crippen LogP) is 2.06. The standard InChI is InChI=1S/C15H19N5O2/c1-10(21)11-3-5-12(6-4-11)20-15-13(16)14(18-9-19-15)17-7-8-22-2/h3-6,9H,7-8,16H2,1-2H3,(H2,17,18,19,20). The number of carbonyl (C=O) groups excluding carboxylic acids is 1. The highest BCUT2D eigenvalue weighted by Crippen LogP contribution is 2.25. The van der Waals surface area contributed by atoms with Gasteiger partial charge in [-0.25, -0.2) is 9.97 Å². The van der Waals surface area contributed by atoms with Gasteiger partial charge in [0.05, 0.1) is 6.61 Å². The van der Waals surface area contributed by atoms with Gasteiger partial charge >= 0.3 is 0 Å². The van der Waals surface area contributed by atoms with Crippen molar-refractivity contribution in [3.63, 3.8) is 0 Å². The number of hydrogen-bond acceptors (Lipinski definition) is 7. The number of nitrogen functional groups attached to an aromatic ring is 1. The predicted molar refractivity (Wildman–Crippen MR) is 86.5 cm³/mol. The van der Waals surface area contributed by atoms with Gasteiger partial charge in [0.2, 0.25) is 0 Å². The van der Waals surface area contributed by atoms with Gasteiger partial charge in [-0.2, -0.15) is 0 Å². The number of benzene rings is 1. The van der Waals surface area contributed by atoms with E-state index in [-0.39, 0.29) is 5.78 Å². The second-order valence-electron chi connectivity index (χ2n) is 4.66. The van der Waals surface area contributed by atoms with E-state index < -0.39 is 0 Å². The van der Waals surface area contributed by atoms with Crippen LogP contribution in [0, 0.1) is 0 Å². The smallest absolute Gasteiger partial charge is 0.159 e. The first-order valence-electron chi connectivity index (χ1n) is 6.83. The van der Waals surface area contributed by atoms with E-state index in [1.807, 2.05) is 0 Å². The summed E-state index contributed by atoms with van der Waals surface area (Å²) in [6, 6.07) is 7.10. The average molecular weight is 301 g/mol. The SMILES string of the molecule is COCCNc1ncnc(Nc2ccc(C(C)=O)cc2)c1N. The van der Waals surface area contributed by atoms with Crippen LogP contribution in [0.1, 0.15) is 17.3 Å². The van der Waals surface area contributed by atoms with Crippen molar-refractivity contribution in [1.29, 1.82) is 0 Å². The summed E-state index contributed by atoms with van der Waals surface area (Å²) in [5, 5.41) is 6.19. The minimum Gasteiger partial charge on any atom is -0.393 e. The summed E-state index contributed by atoms with van der Waals surface area (Å²) < 4.78 is 4.97. The molecule has 0 aliphatic carbocycles. The van der Waals surface area contributed by atoms with E-state index in [0.29, 0.717) is 36.0 Å². The van der Waals surface area contributed by atoms with Gasteiger partial charge in [0.25, 0.3) is 0 Å². The fraction of sp³-hybridized carbons (Fsp3) is 0.267. The molecule has 7 nitrogen and oxygen atoms in total. The van der Waals surface area contributed by atoms with Crippen molar-refractivity contribution in [2.24, 2.45) is 0 Å². The van der Waals surface area contributed by atoms with E-state index in [1.165, 1.54) is 13.3 Å². The lowest BCUT2D eigenvalue weighted by atomic mass is 10.1. The Bertz CT molecular complexity index is 643. The third-order valence-electron chi connectivity index (χ3n) is 3.04. The van der Waals surface area contributed by atoms with Crippen molar-refractivity contribution in [2.45, 2.75) is 6.92 Å². The topological polar surface area (TPSA) is 102 Å². The second kappa shape index (κ2) is 7.37. The quantitative estimate of drug-likeness (QED) is 0.531. The number of ether oxygens (including phenoxy) is 1. The van der Waals surface area contributed by atoms with Crippen LogP contribution in [-0.2, 0) is 4.74 Å². The molecular formula is C15H19N5O2. The van der Waals surface area contributed by atoms with Crippen LogP contribution in [-0.4, -0.2) is 36.0 Å². The molecule has 116 valence electrons. The molecular weight excluding hydrogens is 282 g/mol. The summed E-state index contributed by atoms with van der Waals surface area (Å²) in [5.74, 6) is 1.08. The molecule has 0 amide bonds. The highest BCUT2D eigenvalue weighted by molar-refractivity contribution is 5.94. The number of hydrogen-bond donors (Lipinski definition) is 3. The van der Waals surface area contributed by atoms with Crippen molar-refractivity contribution >= 4 is 28.8 Å². The Morgan fingerprint density at radius 1 is 1.23 bits per heavy atom. The number of anilines is 4. The zero-order valence-corrected chi connectivity index (χ0v) is 12.6. The molecule has 1 heterocycles. The van der Waals surface area contributed by atoms with E-state index in [9.17, 15) is 4.79 Å². The first-order chi connectivity index (χ1) is 10.6. The highest BCUT2D eigenvalue weighted by atomic mass is 16.5. The van der Waals surface area contributed by atoms with Crippen LogP contribution in [0.2, 0.25) is 0 Å². The molecule has 0 spiro atoms. The number of nitrogens with zero attached hydrogens (tertiary/aromatic N) is 2. The first-order valence-corrected chi connectivity index (χ1v) is 6.83. The van der Waals surface area contributed by atoms with Crippen molar-refractivity contribution in [2.75, 3.05) is 36.6 Å². The number of nitrogens with one attached hydrogen (secondary N) is 2. The van der Waals surface area contributed by atoms with E-state index >= 15 is 0 Å². The minimum atomic E-state index is 0.0257. The van der Waals surface area contributed by atoms with E-state index in [4.69, 9.17) is 10.5 Å². The highest BCUT2D eigenvalue weighted by Gasteiger charge is 2.08. The molecule has 4 N–H and O–H groups in total. The Morgan fingerprint density at radius 2 is 1.91 bits per heavy atom. The van der Waals surface area contributed by atoms with Gasteiger partial charge in [0.15, 0.2) is 17.4 Å². The van der Waals surface area contributed by atoms with E-state index in [1.54, 1.807) is 31.4 Å². The van der Waals surface area contributed by atoms with Gasteiger partial charge in [-0.15, -0.1) is 0 Å². The lowest BCUT2D eigenvalue weighted by Crippen LogP contribution is -2.12. The number of methoxy groups -OCH3 is 1. The number of ketones is 1. The largest absolute Gasteiger partial charge is 0.393 e. The van der Waals surface area contributed by atoms with Gasteiger partial charge < -0.3 is 21.1 Å². The maximum atomic E-state index is 11.3. The lowest BCUT2D eigenvalue weighted by molar-refractivity contribution is 0.101. The Morgan fingerprint density at radius 3 is 2.55 bits per heavy atom. The molecule has 0 radical (unpaired) electrons. The monoisotopic (exact) mass is 301 g/mol. The van der Waals surface area contributed by atoms with Gasteiger partial charge in [0.1, 0.15) is 12.0 Å². The lowest BCUT2D eigenvalue weighted by Gasteiger charge is -2.12. The Hall–Kier alpha value is -2.67. The summed E-state index contributed by atoms with van der Waals surface area (Å²) in [5.41, 5.74) is 7.92. The van der Waals surface area contributed by atoms with Crippen LogP contribution in [0.15, 0.2) is 30.6 Å². The molecule has 0 aliphatic rings. The third kappa shape index (κ3) is 3.92. The van der Waals surface area contributed by atoms with Gasteiger partial charge in [-0.1, -0.05) is 0 Å². The van der Waals surface area contributed by atoms with Crippen molar-refractivity contribution in [1.82, 2.24) is 9.97 Å². The zero-order chi connectivity index (χ0) is 15.9. The van der Waals surface area contributed by atoms with Crippen molar-refractivity contribution in [3.8, 4) is 0 Å². The van der Waals surface area contributed by atoms with Crippen LogP contribution in [0.25, 0.3) is 0 Å². The van der Waals surface area contributed by atoms with Crippen LogP contribution >= 0.6 is 0 Å². The molecule has 22 heavy (non-hydrogen) atoms. The Kier molecular flexibility index (Phi) is 5.26. The zero-order valence-electron chi connectivity index (χ0n) is 12.6. The third-order valence-corrected chi connectivity index (χ3v) is 3.04. The average Bonchev–Trinajstić information content (AvgIpc) is 2.51. The number of nitrogens with two attached hydrogens (primary N) is 1. The van der Waals surface area contributed by atoms with E-state index in [2.05, 4.69) is 20.6 Å². The van der Waals surface area contributed by atoms with Gasteiger partial charge in [0, 0.05) is 24.9 Å². The minimum absolute atomic E-state index is 0.0257. The molecule has 0 bridgehead atoms. The Labute approximate surface area is 128 Å². The van der Waals surface area contributed by atoms with Gasteiger partial charge in [-0.05, 0) is 31.2 Å². The molecule has 0 unspecified atom stereocenters. The number of rotatable bonds is 7. The maximum absolute atomic E-state index is 11.3. The molecule has 0 atom stereocenters. The molecule has 7 heteroatoms. The number of carbonyl (C=O) groups is 1.